The third-order valence-corrected chi connectivity index (χ3v) is 4.50. The number of ether oxygens (including phenoxy) is 1. The smallest absolute Gasteiger partial charge is 0.134 e. The Morgan fingerprint density at radius 2 is 2.06 bits per heavy atom. The Balaban J connectivity index is 1.97. The average molecular weight is 371 g/mol. The predicted octanol–water partition coefficient (Wildman–Crippen LogP) is 4.11. The zero-order valence-electron chi connectivity index (χ0n) is 9.75. The van der Waals surface area contributed by atoms with Crippen LogP contribution in [0.1, 0.15) is 6.42 Å². The van der Waals surface area contributed by atoms with Crippen LogP contribution in [0.3, 0.4) is 0 Å². The maximum Gasteiger partial charge on any atom is 0.134 e. The zero-order valence-corrected chi connectivity index (χ0v) is 12.9. The second kappa shape index (κ2) is 5.19. The van der Waals surface area contributed by atoms with E-state index < -0.39 is 0 Å². The minimum absolute atomic E-state index is 0.286. The molecule has 0 amide bonds. The van der Waals surface area contributed by atoms with Gasteiger partial charge in [-0.2, -0.15) is 0 Å². The Labute approximate surface area is 123 Å². The molecule has 0 radical (unpaired) electrons. The maximum atomic E-state index is 6.02. The van der Waals surface area contributed by atoms with Gasteiger partial charge in [-0.1, -0.05) is 28.1 Å². The molecule has 2 aromatic rings. The molecule has 0 bridgehead atoms. The van der Waals surface area contributed by atoms with Crippen molar-refractivity contribution in [3.63, 3.8) is 0 Å². The standard InChI is InChI=1S/C14H13Br2NO/c15-10-2-3-12-9(7-10)1-4-13(14(12)16)18-11-5-6-17-8-11/h1-4,7,11,17H,5-6,8H2. The van der Waals surface area contributed by atoms with Crippen LogP contribution in [0, 0.1) is 0 Å². The summed E-state index contributed by atoms with van der Waals surface area (Å²) in [5.74, 6) is 0.929. The Kier molecular flexibility index (Phi) is 3.59. The largest absolute Gasteiger partial charge is 0.488 e. The van der Waals surface area contributed by atoms with Crippen molar-refractivity contribution in [1.82, 2.24) is 5.32 Å². The van der Waals surface area contributed by atoms with Gasteiger partial charge in [-0.25, -0.2) is 0 Å². The van der Waals surface area contributed by atoms with E-state index in [0.717, 1.165) is 34.2 Å². The van der Waals surface area contributed by atoms with Crippen molar-refractivity contribution < 1.29 is 4.74 Å². The molecule has 1 aliphatic heterocycles. The Bertz CT molecular complexity index is 579. The van der Waals surface area contributed by atoms with Crippen molar-refractivity contribution in [3.05, 3.63) is 39.3 Å². The Morgan fingerprint density at radius 3 is 2.83 bits per heavy atom. The molecule has 4 heteroatoms. The molecule has 0 aliphatic carbocycles. The van der Waals surface area contributed by atoms with Gasteiger partial charge < -0.3 is 10.1 Å². The molecule has 18 heavy (non-hydrogen) atoms. The second-order valence-corrected chi connectivity index (χ2v) is 6.18. The van der Waals surface area contributed by atoms with Gasteiger partial charge >= 0.3 is 0 Å². The molecular weight excluding hydrogens is 358 g/mol. The van der Waals surface area contributed by atoms with Crippen LogP contribution in [0.15, 0.2) is 39.3 Å². The van der Waals surface area contributed by atoms with E-state index in [-0.39, 0.29) is 6.10 Å². The highest BCUT2D eigenvalue weighted by atomic mass is 79.9. The summed E-state index contributed by atoms with van der Waals surface area (Å²) >= 11 is 7.14. The molecule has 94 valence electrons. The van der Waals surface area contributed by atoms with Crippen LogP contribution < -0.4 is 10.1 Å². The monoisotopic (exact) mass is 369 g/mol. The van der Waals surface area contributed by atoms with E-state index in [9.17, 15) is 0 Å². The van der Waals surface area contributed by atoms with Gasteiger partial charge in [0.1, 0.15) is 11.9 Å². The molecule has 0 spiro atoms. The van der Waals surface area contributed by atoms with Crippen LogP contribution in [0.2, 0.25) is 0 Å². The van der Waals surface area contributed by atoms with Crippen LogP contribution in [0.5, 0.6) is 5.75 Å². The van der Waals surface area contributed by atoms with Crippen molar-refractivity contribution in [2.24, 2.45) is 0 Å². The minimum atomic E-state index is 0.286. The van der Waals surface area contributed by atoms with E-state index in [1.54, 1.807) is 0 Å². The molecule has 1 aliphatic rings. The highest BCUT2D eigenvalue weighted by molar-refractivity contribution is 9.11. The molecule has 1 saturated heterocycles. The van der Waals surface area contributed by atoms with E-state index in [0.29, 0.717) is 0 Å². The lowest BCUT2D eigenvalue weighted by molar-refractivity contribution is 0.222. The molecule has 3 rings (SSSR count). The molecule has 2 aromatic carbocycles. The Hall–Kier alpha value is -0.580. The molecule has 1 unspecified atom stereocenters. The molecule has 2 nitrogen and oxygen atoms in total. The summed E-state index contributed by atoms with van der Waals surface area (Å²) in [6, 6.07) is 10.4. The summed E-state index contributed by atoms with van der Waals surface area (Å²) in [6.45, 7) is 1.98. The first-order chi connectivity index (χ1) is 8.74. The fourth-order valence-corrected chi connectivity index (χ4v) is 3.21. The van der Waals surface area contributed by atoms with E-state index in [1.165, 1.54) is 10.8 Å². The van der Waals surface area contributed by atoms with E-state index in [1.807, 2.05) is 12.1 Å². The summed E-state index contributed by atoms with van der Waals surface area (Å²) < 4.78 is 8.16. The SMILES string of the molecule is Brc1ccc2c(Br)c(OC3CCNC3)ccc2c1. The van der Waals surface area contributed by atoms with Gasteiger partial charge in [-0.15, -0.1) is 0 Å². The lowest BCUT2D eigenvalue weighted by Gasteiger charge is -2.15. The van der Waals surface area contributed by atoms with Gasteiger partial charge in [0.15, 0.2) is 0 Å². The zero-order chi connectivity index (χ0) is 12.5. The third-order valence-electron chi connectivity index (χ3n) is 3.19. The fourth-order valence-electron chi connectivity index (χ4n) is 2.24. The van der Waals surface area contributed by atoms with Gasteiger partial charge in [0, 0.05) is 11.0 Å². The van der Waals surface area contributed by atoms with E-state index >= 15 is 0 Å². The summed E-state index contributed by atoms with van der Waals surface area (Å²) in [4.78, 5) is 0. The van der Waals surface area contributed by atoms with Crippen molar-refractivity contribution >= 4 is 42.6 Å². The topological polar surface area (TPSA) is 21.3 Å². The molecular formula is C14H13Br2NO. The first-order valence-corrected chi connectivity index (χ1v) is 7.58. The van der Waals surface area contributed by atoms with Crippen molar-refractivity contribution in [2.75, 3.05) is 13.1 Å². The normalized spacial score (nSPS) is 19.3. The molecule has 1 heterocycles. The molecule has 0 aromatic heterocycles. The maximum absolute atomic E-state index is 6.02. The fraction of sp³-hybridized carbons (Fsp3) is 0.286. The minimum Gasteiger partial charge on any atom is -0.488 e. The molecule has 1 fully saturated rings. The first-order valence-electron chi connectivity index (χ1n) is 5.99. The van der Waals surface area contributed by atoms with E-state index in [4.69, 9.17) is 4.74 Å². The van der Waals surface area contributed by atoms with Crippen LogP contribution in [-0.4, -0.2) is 19.2 Å². The van der Waals surface area contributed by atoms with E-state index in [2.05, 4.69) is 55.4 Å². The van der Waals surface area contributed by atoms with Crippen LogP contribution in [0.4, 0.5) is 0 Å². The van der Waals surface area contributed by atoms with Crippen molar-refractivity contribution in [1.29, 1.82) is 0 Å². The number of hydrogen-bond acceptors (Lipinski definition) is 2. The lowest BCUT2D eigenvalue weighted by Crippen LogP contribution is -2.19. The molecule has 1 N–H and O–H groups in total. The number of benzene rings is 2. The highest BCUT2D eigenvalue weighted by Crippen LogP contribution is 2.35. The summed E-state index contributed by atoms with van der Waals surface area (Å²) in [5, 5.41) is 5.69. The predicted molar refractivity (Wildman–Crippen MR) is 81.3 cm³/mol. The quantitative estimate of drug-likeness (QED) is 0.858. The number of nitrogens with one attached hydrogen (secondary N) is 1. The second-order valence-electron chi connectivity index (χ2n) is 4.48. The lowest BCUT2D eigenvalue weighted by atomic mass is 10.1. The third kappa shape index (κ3) is 2.42. The summed E-state index contributed by atoms with van der Waals surface area (Å²) in [5.41, 5.74) is 0. The number of fused-ring (bicyclic) bond motifs is 1. The number of rotatable bonds is 2. The summed E-state index contributed by atoms with van der Waals surface area (Å²) in [6.07, 6.45) is 1.36. The van der Waals surface area contributed by atoms with Gasteiger partial charge in [0.2, 0.25) is 0 Å². The first kappa shape index (κ1) is 12.5. The Morgan fingerprint density at radius 1 is 1.17 bits per heavy atom. The van der Waals surface area contributed by atoms with Gasteiger partial charge in [0.25, 0.3) is 0 Å². The number of hydrogen-bond donors (Lipinski definition) is 1. The van der Waals surface area contributed by atoms with Crippen molar-refractivity contribution in [2.45, 2.75) is 12.5 Å². The van der Waals surface area contributed by atoms with Crippen LogP contribution >= 0.6 is 31.9 Å². The van der Waals surface area contributed by atoms with Crippen LogP contribution in [-0.2, 0) is 0 Å². The van der Waals surface area contributed by atoms with Gasteiger partial charge in [-0.3, -0.25) is 0 Å². The highest BCUT2D eigenvalue weighted by Gasteiger charge is 2.17. The molecule has 0 saturated carbocycles. The average Bonchev–Trinajstić information content (AvgIpc) is 2.85. The van der Waals surface area contributed by atoms with Crippen LogP contribution in [0.25, 0.3) is 10.8 Å². The summed E-state index contributed by atoms with van der Waals surface area (Å²) in [7, 11) is 0. The number of halogens is 2. The molecule has 1 atom stereocenters. The van der Waals surface area contributed by atoms with Gasteiger partial charge in [0.05, 0.1) is 4.47 Å². The van der Waals surface area contributed by atoms with Gasteiger partial charge in [-0.05, 0) is 57.9 Å². The van der Waals surface area contributed by atoms with Crippen molar-refractivity contribution in [3.8, 4) is 5.75 Å².